The molecule has 2 aromatic rings. The van der Waals surface area contributed by atoms with Gasteiger partial charge in [0.25, 0.3) is 0 Å². The van der Waals surface area contributed by atoms with Crippen LogP contribution in [0.1, 0.15) is 36.3 Å². The van der Waals surface area contributed by atoms with Gasteiger partial charge in [0, 0.05) is 32.1 Å². The molecule has 1 saturated heterocycles. The highest BCUT2D eigenvalue weighted by molar-refractivity contribution is 5.32. The Morgan fingerprint density at radius 2 is 1.35 bits per heavy atom. The van der Waals surface area contributed by atoms with Gasteiger partial charge in [0.2, 0.25) is 0 Å². The van der Waals surface area contributed by atoms with Crippen LogP contribution in [0, 0.1) is 0 Å². The zero-order chi connectivity index (χ0) is 15.7. The molecule has 1 aliphatic rings. The van der Waals surface area contributed by atoms with Crippen LogP contribution in [0.2, 0.25) is 0 Å². The second-order valence-electron chi connectivity index (χ2n) is 6.46. The van der Waals surface area contributed by atoms with E-state index in [-0.39, 0.29) is 0 Å². The third-order valence-electron chi connectivity index (χ3n) is 4.83. The monoisotopic (exact) mass is 308 g/mol. The molecule has 0 aliphatic carbocycles. The molecule has 1 fully saturated rings. The minimum atomic E-state index is 0.528. The lowest BCUT2D eigenvalue weighted by atomic mass is 9.87. The van der Waals surface area contributed by atoms with Crippen molar-refractivity contribution in [2.75, 3.05) is 32.7 Å². The Labute approximate surface area is 140 Å². The Morgan fingerprint density at radius 3 is 1.91 bits per heavy atom. The van der Waals surface area contributed by atoms with Gasteiger partial charge in [0.1, 0.15) is 0 Å². The number of unbranched alkanes of at least 4 members (excludes halogenated alkanes) is 1. The third-order valence-corrected chi connectivity index (χ3v) is 4.83. The molecule has 0 unspecified atom stereocenters. The predicted molar refractivity (Wildman–Crippen MR) is 97.9 cm³/mol. The maximum atomic E-state index is 3.42. The van der Waals surface area contributed by atoms with E-state index in [0.717, 1.165) is 13.1 Å². The van der Waals surface area contributed by atoms with Crippen molar-refractivity contribution in [2.45, 2.75) is 25.2 Å². The lowest BCUT2D eigenvalue weighted by Crippen LogP contribution is -2.43. The first-order chi connectivity index (χ1) is 11.4. The molecule has 122 valence electrons. The molecule has 0 bridgehead atoms. The second-order valence-corrected chi connectivity index (χ2v) is 6.46. The number of nitrogens with one attached hydrogen (secondary N) is 1. The van der Waals surface area contributed by atoms with Gasteiger partial charge in [0.15, 0.2) is 0 Å². The van der Waals surface area contributed by atoms with E-state index < -0.39 is 0 Å². The normalized spacial score (nSPS) is 15.9. The van der Waals surface area contributed by atoms with E-state index in [1.54, 1.807) is 0 Å². The van der Waals surface area contributed by atoms with Crippen molar-refractivity contribution in [3.05, 3.63) is 71.8 Å². The molecule has 0 spiro atoms. The van der Waals surface area contributed by atoms with Crippen molar-refractivity contribution in [1.29, 1.82) is 0 Å². The van der Waals surface area contributed by atoms with Gasteiger partial charge >= 0.3 is 0 Å². The highest BCUT2D eigenvalue weighted by Gasteiger charge is 2.14. The van der Waals surface area contributed by atoms with E-state index in [1.165, 1.54) is 50.0 Å². The van der Waals surface area contributed by atoms with Gasteiger partial charge in [-0.1, -0.05) is 67.1 Å². The zero-order valence-electron chi connectivity index (χ0n) is 14.0. The SMILES string of the molecule is c1ccc(C(CCCCN2CCNCC2)c2ccccc2)cc1. The van der Waals surface area contributed by atoms with Crippen LogP contribution in [0.4, 0.5) is 0 Å². The van der Waals surface area contributed by atoms with Gasteiger partial charge in [-0.05, 0) is 30.5 Å². The minimum absolute atomic E-state index is 0.528. The van der Waals surface area contributed by atoms with Gasteiger partial charge < -0.3 is 10.2 Å². The molecule has 1 aliphatic heterocycles. The first-order valence-electron chi connectivity index (χ1n) is 8.96. The molecule has 2 nitrogen and oxygen atoms in total. The van der Waals surface area contributed by atoms with Gasteiger partial charge in [0.05, 0.1) is 0 Å². The molecule has 1 heterocycles. The maximum absolute atomic E-state index is 3.42. The number of rotatable bonds is 7. The van der Waals surface area contributed by atoms with Gasteiger partial charge in [-0.2, -0.15) is 0 Å². The standard InChI is InChI=1S/C21H28N2/c1-3-9-19(10-4-1)21(20-11-5-2-6-12-20)13-7-8-16-23-17-14-22-15-18-23/h1-6,9-12,21-22H,7-8,13-18H2. The molecule has 1 N–H and O–H groups in total. The van der Waals surface area contributed by atoms with Crippen molar-refractivity contribution in [1.82, 2.24) is 10.2 Å². The van der Waals surface area contributed by atoms with Crippen LogP contribution in [-0.2, 0) is 0 Å². The quantitative estimate of drug-likeness (QED) is 0.781. The Bertz CT molecular complexity index is 507. The summed E-state index contributed by atoms with van der Waals surface area (Å²) in [6, 6.07) is 21.9. The summed E-state index contributed by atoms with van der Waals surface area (Å²) in [7, 11) is 0. The fourth-order valence-electron chi connectivity index (χ4n) is 3.52. The van der Waals surface area contributed by atoms with Gasteiger partial charge in [-0.25, -0.2) is 0 Å². The zero-order valence-corrected chi connectivity index (χ0v) is 14.0. The van der Waals surface area contributed by atoms with Crippen molar-refractivity contribution in [2.24, 2.45) is 0 Å². The molecule has 0 amide bonds. The Hall–Kier alpha value is -1.64. The molecule has 0 aromatic heterocycles. The van der Waals surface area contributed by atoms with E-state index in [1.807, 2.05) is 0 Å². The first-order valence-corrected chi connectivity index (χ1v) is 8.96. The number of nitrogens with zero attached hydrogens (tertiary/aromatic N) is 1. The number of piperazine rings is 1. The van der Waals surface area contributed by atoms with E-state index in [4.69, 9.17) is 0 Å². The Kier molecular flexibility index (Phi) is 6.25. The smallest absolute Gasteiger partial charge is 0.0107 e. The van der Waals surface area contributed by atoms with Crippen LogP contribution >= 0.6 is 0 Å². The third kappa shape index (κ3) is 4.92. The van der Waals surface area contributed by atoms with Crippen LogP contribution in [0.25, 0.3) is 0 Å². The fraction of sp³-hybridized carbons (Fsp3) is 0.429. The molecule has 23 heavy (non-hydrogen) atoms. The molecular weight excluding hydrogens is 280 g/mol. The second kappa shape index (κ2) is 8.85. The highest BCUT2D eigenvalue weighted by atomic mass is 15.2. The lowest BCUT2D eigenvalue weighted by Gasteiger charge is -2.27. The molecular formula is C21H28N2. The van der Waals surface area contributed by atoms with Gasteiger partial charge in [-0.3, -0.25) is 0 Å². The van der Waals surface area contributed by atoms with E-state index in [9.17, 15) is 0 Å². The van der Waals surface area contributed by atoms with E-state index >= 15 is 0 Å². The minimum Gasteiger partial charge on any atom is -0.314 e. The van der Waals surface area contributed by atoms with Crippen molar-refractivity contribution >= 4 is 0 Å². The molecule has 0 radical (unpaired) electrons. The van der Waals surface area contributed by atoms with Crippen LogP contribution in [-0.4, -0.2) is 37.6 Å². The van der Waals surface area contributed by atoms with Crippen LogP contribution < -0.4 is 5.32 Å². The number of hydrogen-bond donors (Lipinski definition) is 1. The molecule has 2 heteroatoms. The van der Waals surface area contributed by atoms with Crippen LogP contribution in [0.3, 0.4) is 0 Å². The Morgan fingerprint density at radius 1 is 0.783 bits per heavy atom. The number of hydrogen-bond acceptors (Lipinski definition) is 2. The summed E-state index contributed by atoms with van der Waals surface area (Å²) < 4.78 is 0. The summed E-state index contributed by atoms with van der Waals surface area (Å²) in [6.45, 7) is 5.97. The van der Waals surface area contributed by atoms with Crippen molar-refractivity contribution < 1.29 is 0 Å². The van der Waals surface area contributed by atoms with Crippen LogP contribution in [0.15, 0.2) is 60.7 Å². The summed E-state index contributed by atoms with van der Waals surface area (Å²) in [4.78, 5) is 2.59. The molecule has 0 saturated carbocycles. The van der Waals surface area contributed by atoms with Crippen molar-refractivity contribution in [3.63, 3.8) is 0 Å². The summed E-state index contributed by atoms with van der Waals surface area (Å²) in [6.07, 6.45) is 3.83. The number of benzene rings is 2. The van der Waals surface area contributed by atoms with Gasteiger partial charge in [-0.15, -0.1) is 0 Å². The predicted octanol–water partition coefficient (Wildman–Crippen LogP) is 3.89. The largest absolute Gasteiger partial charge is 0.314 e. The summed E-state index contributed by atoms with van der Waals surface area (Å²) in [5.41, 5.74) is 2.89. The average molecular weight is 308 g/mol. The Balaban J connectivity index is 1.56. The topological polar surface area (TPSA) is 15.3 Å². The summed E-state index contributed by atoms with van der Waals surface area (Å²) in [5, 5.41) is 3.42. The maximum Gasteiger partial charge on any atom is 0.0107 e. The van der Waals surface area contributed by atoms with Crippen molar-refractivity contribution in [3.8, 4) is 0 Å². The molecule has 3 rings (SSSR count). The highest BCUT2D eigenvalue weighted by Crippen LogP contribution is 2.29. The van der Waals surface area contributed by atoms with E-state index in [0.29, 0.717) is 5.92 Å². The summed E-state index contributed by atoms with van der Waals surface area (Å²) >= 11 is 0. The average Bonchev–Trinajstić information content (AvgIpc) is 2.64. The fourth-order valence-corrected chi connectivity index (χ4v) is 3.52. The van der Waals surface area contributed by atoms with Crippen LogP contribution in [0.5, 0.6) is 0 Å². The van der Waals surface area contributed by atoms with E-state index in [2.05, 4.69) is 70.9 Å². The summed E-state index contributed by atoms with van der Waals surface area (Å²) in [5.74, 6) is 0.528. The lowest BCUT2D eigenvalue weighted by molar-refractivity contribution is 0.236. The molecule has 2 aromatic carbocycles. The first kappa shape index (κ1) is 16.2. The molecule has 0 atom stereocenters.